The van der Waals surface area contributed by atoms with Crippen LogP contribution in [0.5, 0.6) is 0 Å². The monoisotopic (exact) mass is 616 g/mol. The minimum Gasteiger partial charge on any atom is -0.478 e. The first kappa shape index (κ1) is 31.0. The van der Waals surface area contributed by atoms with E-state index in [-0.39, 0.29) is 34.6 Å². The largest absolute Gasteiger partial charge is 0.478 e. The average molecular weight is 617 g/mol. The van der Waals surface area contributed by atoms with E-state index in [1.807, 2.05) is 26.2 Å². The van der Waals surface area contributed by atoms with Crippen molar-refractivity contribution in [1.29, 1.82) is 0 Å². The molecular weight excluding hydrogens is 584 g/mol. The number of hydrogen-bond donors (Lipinski definition) is 3. The first-order valence-corrected chi connectivity index (χ1v) is 14.9. The lowest BCUT2D eigenvalue weighted by molar-refractivity contribution is -0.131. The van der Waals surface area contributed by atoms with Crippen LogP contribution in [0.25, 0.3) is 11.7 Å². The number of ether oxygens (including phenoxy) is 1. The van der Waals surface area contributed by atoms with Crippen LogP contribution in [0.2, 0.25) is 0 Å². The zero-order chi connectivity index (χ0) is 30.4. The summed E-state index contributed by atoms with van der Waals surface area (Å²) in [6.07, 6.45) is 4.35. The first-order chi connectivity index (χ1) is 20.0. The third-order valence-electron chi connectivity index (χ3n) is 6.52. The topological polar surface area (TPSA) is 155 Å². The number of anilines is 2. The normalized spacial score (nSPS) is 15.6. The highest BCUT2D eigenvalue weighted by Gasteiger charge is 2.27. The number of carboxylic acid groups (broad SMARTS) is 1. The molecule has 0 aliphatic carbocycles. The number of carboxylic acids is 1. The van der Waals surface area contributed by atoms with Crippen LogP contribution in [0.4, 0.5) is 15.7 Å². The fourth-order valence-corrected chi connectivity index (χ4v) is 5.41. The predicted molar refractivity (Wildman–Crippen MR) is 162 cm³/mol. The van der Waals surface area contributed by atoms with Crippen LogP contribution in [0.1, 0.15) is 61.6 Å². The van der Waals surface area contributed by atoms with Crippen LogP contribution in [-0.4, -0.2) is 69.1 Å². The third-order valence-corrected chi connectivity index (χ3v) is 7.55. The van der Waals surface area contributed by atoms with Crippen molar-refractivity contribution in [3.63, 3.8) is 0 Å². The van der Waals surface area contributed by atoms with Gasteiger partial charge in [0.05, 0.1) is 17.8 Å². The van der Waals surface area contributed by atoms with E-state index in [1.165, 1.54) is 40.1 Å². The van der Waals surface area contributed by atoms with Crippen molar-refractivity contribution in [3.05, 3.63) is 57.0 Å². The van der Waals surface area contributed by atoms with E-state index >= 15 is 0 Å². The number of carbonyl (C=O) groups is 3. The van der Waals surface area contributed by atoms with E-state index in [2.05, 4.69) is 20.6 Å². The zero-order valence-corrected chi connectivity index (χ0v) is 25.1. The van der Waals surface area contributed by atoms with Crippen LogP contribution in [0, 0.1) is 0 Å². The number of alkyl carbamates (subject to hydrolysis) is 1. The molecule has 2 amide bonds. The van der Waals surface area contributed by atoms with Gasteiger partial charge in [0.1, 0.15) is 17.6 Å². The summed E-state index contributed by atoms with van der Waals surface area (Å²) in [6, 6.07) is 2.98. The number of fused-ring (bicyclic) bond motifs is 1. The molecule has 0 radical (unpaired) electrons. The Morgan fingerprint density at radius 2 is 2.07 bits per heavy atom. The maximum atomic E-state index is 13.5. The van der Waals surface area contributed by atoms with E-state index in [4.69, 9.17) is 16.3 Å². The molecule has 0 unspecified atom stereocenters. The van der Waals surface area contributed by atoms with E-state index in [0.29, 0.717) is 43.4 Å². The number of aliphatic carboxylic acids is 1. The number of aromatic nitrogens is 3. The second kappa shape index (κ2) is 13.3. The van der Waals surface area contributed by atoms with Crippen molar-refractivity contribution in [3.8, 4) is 0 Å². The Hall–Kier alpha value is -3.97. The van der Waals surface area contributed by atoms with Crippen molar-refractivity contribution < 1.29 is 24.2 Å². The maximum absolute atomic E-state index is 13.5. The second-order valence-corrected chi connectivity index (χ2v) is 12.0. The van der Waals surface area contributed by atoms with Crippen LogP contribution >= 0.6 is 22.9 Å². The number of thiazole rings is 1. The highest BCUT2D eigenvalue weighted by atomic mass is 35.5. The Kier molecular flexibility index (Phi) is 9.84. The zero-order valence-electron chi connectivity index (χ0n) is 23.6. The SMILES string of the molecule is CC(C)(C)c1csc(NC(=O)c2ccn3c(=O)c(/C=C/C(=O)O)c(N4CCC[C@@H](OC(=O)NCCCCl)C4)nc3c2)n1. The average Bonchev–Trinajstić information content (AvgIpc) is 3.41. The van der Waals surface area contributed by atoms with Crippen molar-refractivity contribution in [2.24, 2.45) is 0 Å². The minimum absolute atomic E-state index is 0.0665. The maximum Gasteiger partial charge on any atom is 0.407 e. The van der Waals surface area contributed by atoms with Gasteiger partial charge in [0.15, 0.2) is 5.13 Å². The fourth-order valence-electron chi connectivity index (χ4n) is 4.34. The Labute approximate surface area is 251 Å². The Morgan fingerprint density at radius 1 is 1.29 bits per heavy atom. The van der Waals surface area contributed by atoms with E-state index in [0.717, 1.165) is 11.8 Å². The molecule has 0 saturated carbocycles. The van der Waals surface area contributed by atoms with E-state index in [9.17, 15) is 24.3 Å². The highest BCUT2D eigenvalue weighted by Crippen LogP contribution is 2.27. The molecule has 12 nitrogen and oxygen atoms in total. The standard InChI is InChI=1S/C28H33ClN6O6S/c1-28(2,3)20-16-42-26(31-20)33-24(38)17-9-13-35-21(14-17)32-23(19(25(35)39)7-8-22(36)37)34-12-4-6-18(15-34)41-27(40)30-11-5-10-29/h7-9,13-14,16,18H,4-6,10-12,15H2,1-3H3,(H,30,40)(H,36,37)(H,31,33,38)/b8-7+/t18-/m1/s1. The van der Waals surface area contributed by atoms with Crippen molar-refractivity contribution >= 4 is 63.6 Å². The molecule has 0 bridgehead atoms. The fraction of sp³-hybridized carbons (Fsp3) is 0.429. The number of amides is 2. The number of alkyl halides is 1. The van der Waals surface area contributed by atoms with Gasteiger partial charge < -0.3 is 20.1 Å². The summed E-state index contributed by atoms with van der Waals surface area (Å²) >= 11 is 6.98. The molecular formula is C28H33ClN6O6S. The Morgan fingerprint density at radius 3 is 2.76 bits per heavy atom. The predicted octanol–water partition coefficient (Wildman–Crippen LogP) is 4.12. The molecule has 1 aliphatic heterocycles. The number of pyridine rings is 1. The molecule has 224 valence electrons. The molecule has 1 aliphatic rings. The summed E-state index contributed by atoms with van der Waals surface area (Å²) < 4.78 is 6.81. The summed E-state index contributed by atoms with van der Waals surface area (Å²) in [6.45, 7) is 7.25. The van der Waals surface area contributed by atoms with Crippen LogP contribution in [0.15, 0.2) is 34.6 Å². The molecule has 4 rings (SSSR count). The first-order valence-electron chi connectivity index (χ1n) is 13.5. The molecule has 3 aromatic rings. The summed E-state index contributed by atoms with van der Waals surface area (Å²) in [4.78, 5) is 61.0. The lowest BCUT2D eigenvalue weighted by Crippen LogP contribution is -2.43. The lowest BCUT2D eigenvalue weighted by atomic mass is 9.93. The van der Waals surface area contributed by atoms with Gasteiger partial charge in [-0.2, -0.15) is 0 Å². The van der Waals surface area contributed by atoms with Crippen LogP contribution in [0.3, 0.4) is 0 Å². The van der Waals surface area contributed by atoms with E-state index < -0.39 is 29.6 Å². The van der Waals surface area contributed by atoms with Crippen LogP contribution in [-0.2, 0) is 14.9 Å². The van der Waals surface area contributed by atoms with Gasteiger partial charge >= 0.3 is 12.1 Å². The molecule has 0 aromatic carbocycles. The number of nitrogens with zero attached hydrogens (tertiary/aromatic N) is 4. The molecule has 3 N–H and O–H groups in total. The van der Waals surface area contributed by atoms with Gasteiger partial charge in [-0.15, -0.1) is 22.9 Å². The number of halogens is 1. The van der Waals surface area contributed by atoms with Gasteiger partial charge in [0, 0.05) is 47.6 Å². The molecule has 3 aromatic heterocycles. The highest BCUT2D eigenvalue weighted by molar-refractivity contribution is 7.14. The molecule has 4 heterocycles. The van der Waals surface area contributed by atoms with E-state index in [1.54, 1.807) is 4.90 Å². The molecule has 42 heavy (non-hydrogen) atoms. The lowest BCUT2D eigenvalue weighted by Gasteiger charge is -2.33. The third kappa shape index (κ3) is 7.65. The summed E-state index contributed by atoms with van der Waals surface area (Å²) in [5.41, 5.74) is 0.725. The quantitative estimate of drug-likeness (QED) is 0.183. The smallest absolute Gasteiger partial charge is 0.407 e. The van der Waals surface area contributed by atoms with Gasteiger partial charge in [-0.1, -0.05) is 20.8 Å². The number of hydrogen-bond acceptors (Lipinski definition) is 9. The Balaban J connectivity index is 1.64. The van der Waals surface area contributed by atoms with Crippen LogP contribution < -0.4 is 21.1 Å². The summed E-state index contributed by atoms with van der Waals surface area (Å²) in [7, 11) is 0. The van der Waals surface area contributed by atoms with Gasteiger partial charge in [-0.05, 0) is 37.5 Å². The number of piperidine rings is 1. The van der Waals surface area contributed by atoms with Gasteiger partial charge in [0.2, 0.25) is 0 Å². The molecule has 1 saturated heterocycles. The Bertz CT molecular complexity index is 1560. The second-order valence-electron chi connectivity index (χ2n) is 10.8. The van der Waals surface area contributed by atoms with Crippen molar-refractivity contribution in [2.45, 2.75) is 51.6 Å². The van der Waals surface area contributed by atoms with Gasteiger partial charge in [-0.3, -0.25) is 19.3 Å². The van der Waals surface area contributed by atoms with Crippen molar-refractivity contribution in [2.75, 3.05) is 35.7 Å². The summed E-state index contributed by atoms with van der Waals surface area (Å²) in [5.74, 6) is -0.979. The molecule has 0 spiro atoms. The minimum atomic E-state index is -1.22. The van der Waals surface area contributed by atoms with Gasteiger partial charge in [-0.25, -0.2) is 19.6 Å². The molecule has 14 heteroatoms. The number of carbonyl (C=O) groups excluding carboxylic acids is 2. The molecule has 1 fully saturated rings. The van der Waals surface area contributed by atoms with Gasteiger partial charge in [0.25, 0.3) is 11.5 Å². The number of nitrogens with one attached hydrogen (secondary N) is 2. The van der Waals surface area contributed by atoms with Crippen molar-refractivity contribution in [1.82, 2.24) is 19.7 Å². The number of rotatable bonds is 9. The molecule has 1 atom stereocenters. The summed E-state index contributed by atoms with van der Waals surface area (Å²) in [5, 5.41) is 17.0.